The lowest BCUT2D eigenvalue weighted by Crippen LogP contribution is -2.36. The summed E-state index contributed by atoms with van der Waals surface area (Å²) in [7, 11) is 1.65. The fraction of sp³-hybridized carbons (Fsp3) is 0.500. The van der Waals surface area contributed by atoms with Gasteiger partial charge in [-0.05, 0) is 24.8 Å². The summed E-state index contributed by atoms with van der Waals surface area (Å²) in [5.41, 5.74) is -0.211. The smallest absolute Gasteiger partial charge is 0.343 e. The highest BCUT2D eigenvalue weighted by molar-refractivity contribution is 5.94. The topological polar surface area (TPSA) is 102 Å². The molecule has 2 rings (SSSR count). The van der Waals surface area contributed by atoms with E-state index in [4.69, 9.17) is 4.74 Å². The summed E-state index contributed by atoms with van der Waals surface area (Å²) in [6.45, 7) is 0.272. The lowest BCUT2D eigenvalue weighted by Gasteiger charge is -2.20. The van der Waals surface area contributed by atoms with Gasteiger partial charge in [0, 0.05) is 25.8 Å². The van der Waals surface area contributed by atoms with Gasteiger partial charge in [-0.2, -0.15) is 0 Å². The van der Waals surface area contributed by atoms with Crippen LogP contribution < -0.4 is 5.32 Å². The highest BCUT2D eigenvalue weighted by Crippen LogP contribution is 2.25. The van der Waals surface area contributed by atoms with Gasteiger partial charge in [0.2, 0.25) is 0 Å². The number of carboxylic acid groups (broad SMARTS) is 1. The molecule has 1 aliphatic carbocycles. The summed E-state index contributed by atoms with van der Waals surface area (Å²) in [5.74, 6) is -1.28. The van der Waals surface area contributed by atoms with Crippen LogP contribution in [0.5, 0.6) is 0 Å². The number of hydrogen-bond acceptors (Lipinski definition) is 5. The van der Waals surface area contributed by atoms with Gasteiger partial charge in [-0.15, -0.1) is 0 Å². The van der Waals surface area contributed by atoms with E-state index in [-0.39, 0.29) is 29.9 Å². The van der Waals surface area contributed by atoms with Crippen molar-refractivity contribution in [3.8, 4) is 0 Å². The Kier molecular flexibility index (Phi) is 4.87. The first kappa shape index (κ1) is 15.4. The van der Waals surface area contributed by atoms with Crippen LogP contribution in [0, 0.1) is 10.1 Å². The quantitative estimate of drug-likeness (QED) is 0.614. The van der Waals surface area contributed by atoms with Crippen molar-refractivity contribution in [1.29, 1.82) is 0 Å². The monoisotopic (exact) mass is 294 g/mol. The SMILES string of the molecule is COC1CCCC1NCc1cccc([N+](=O)[O-])c1C(=O)O. The molecule has 0 aliphatic heterocycles. The zero-order valence-electron chi connectivity index (χ0n) is 11.7. The molecule has 0 heterocycles. The molecule has 2 unspecified atom stereocenters. The molecular formula is C14H18N2O5. The lowest BCUT2D eigenvalue weighted by molar-refractivity contribution is -0.385. The van der Waals surface area contributed by atoms with Crippen LogP contribution in [0.4, 0.5) is 5.69 Å². The number of nitro benzene ring substituents is 1. The van der Waals surface area contributed by atoms with Crippen molar-refractivity contribution in [3.63, 3.8) is 0 Å². The van der Waals surface area contributed by atoms with E-state index in [0.717, 1.165) is 19.3 Å². The van der Waals surface area contributed by atoms with Crippen LogP contribution in [0.15, 0.2) is 18.2 Å². The van der Waals surface area contributed by atoms with Gasteiger partial charge in [0.1, 0.15) is 5.56 Å². The van der Waals surface area contributed by atoms with Crippen molar-refractivity contribution < 1.29 is 19.6 Å². The Hall–Kier alpha value is -1.99. The standard InChI is InChI=1S/C14H18N2O5/c1-21-12-7-3-5-10(12)15-8-9-4-2-6-11(16(19)20)13(9)14(17)18/h2,4,6,10,12,15H,3,5,7-8H2,1H3,(H,17,18). The Morgan fingerprint density at radius 2 is 2.29 bits per heavy atom. The summed E-state index contributed by atoms with van der Waals surface area (Å²) in [4.78, 5) is 21.6. The molecule has 2 atom stereocenters. The predicted molar refractivity (Wildman–Crippen MR) is 75.3 cm³/mol. The summed E-state index contributed by atoms with van der Waals surface area (Å²) >= 11 is 0. The molecule has 7 nitrogen and oxygen atoms in total. The van der Waals surface area contributed by atoms with Gasteiger partial charge in [-0.3, -0.25) is 10.1 Å². The van der Waals surface area contributed by atoms with Gasteiger partial charge < -0.3 is 15.2 Å². The highest BCUT2D eigenvalue weighted by atomic mass is 16.6. The third kappa shape index (κ3) is 3.37. The van der Waals surface area contributed by atoms with Gasteiger partial charge >= 0.3 is 5.97 Å². The molecule has 0 amide bonds. The molecule has 1 aromatic carbocycles. The normalized spacial score (nSPS) is 21.4. The lowest BCUT2D eigenvalue weighted by atomic mass is 10.0. The molecule has 1 fully saturated rings. The number of carbonyl (C=O) groups is 1. The number of hydrogen-bond donors (Lipinski definition) is 2. The number of ether oxygens (including phenoxy) is 1. The van der Waals surface area contributed by atoms with E-state index in [0.29, 0.717) is 5.56 Å². The zero-order chi connectivity index (χ0) is 15.4. The summed E-state index contributed by atoms with van der Waals surface area (Å²) in [6.07, 6.45) is 3.08. The van der Waals surface area contributed by atoms with E-state index >= 15 is 0 Å². The van der Waals surface area contributed by atoms with E-state index in [2.05, 4.69) is 5.32 Å². The number of nitrogens with zero attached hydrogens (tertiary/aromatic N) is 1. The fourth-order valence-corrected chi connectivity index (χ4v) is 2.82. The van der Waals surface area contributed by atoms with Gasteiger partial charge in [-0.25, -0.2) is 4.79 Å². The molecule has 0 bridgehead atoms. The number of carboxylic acids is 1. The number of methoxy groups -OCH3 is 1. The van der Waals surface area contributed by atoms with Crippen LogP contribution in [-0.4, -0.2) is 35.3 Å². The first-order valence-corrected chi connectivity index (χ1v) is 6.80. The first-order chi connectivity index (χ1) is 10.0. The number of benzene rings is 1. The molecule has 0 aromatic heterocycles. The van der Waals surface area contributed by atoms with Gasteiger partial charge in [0.25, 0.3) is 5.69 Å². The second-order valence-electron chi connectivity index (χ2n) is 5.07. The van der Waals surface area contributed by atoms with Crippen molar-refractivity contribution in [2.45, 2.75) is 38.0 Å². The third-order valence-electron chi connectivity index (χ3n) is 3.85. The summed E-state index contributed by atoms with van der Waals surface area (Å²) in [6, 6.07) is 4.46. The Bertz CT molecular complexity index is 546. The van der Waals surface area contributed by atoms with Crippen molar-refractivity contribution in [2.24, 2.45) is 0 Å². The maximum Gasteiger partial charge on any atom is 0.343 e. The van der Waals surface area contributed by atoms with Crippen molar-refractivity contribution in [3.05, 3.63) is 39.4 Å². The Balaban J connectivity index is 2.18. The molecule has 114 valence electrons. The molecule has 0 radical (unpaired) electrons. The minimum Gasteiger partial charge on any atom is -0.477 e. The zero-order valence-corrected chi connectivity index (χ0v) is 11.7. The van der Waals surface area contributed by atoms with Crippen LogP contribution in [0.25, 0.3) is 0 Å². The van der Waals surface area contributed by atoms with Crippen molar-refractivity contribution in [2.75, 3.05) is 7.11 Å². The molecule has 0 spiro atoms. The average Bonchev–Trinajstić information content (AvgIpc) is 2.91. The summed E-state index contributed by atoms with van der Waals surface area (Å²) < 4.78 is 5.36. The summed E-state index contributed by atoms with van der Waals surface area (Å²) in [5, 5.41) is 23.4. The first-order valence-electron chi connectivity index (χ1n) is 6.80. The predicted octanol–water partition coefficient (Wildman–Crippen LogP) is 1.95. The average molecular weight is 294 g/mol. The van der Waals surface area contributed by atoms with Crippen molar-refractivity contribution in [1.82, 2.24) is 5.32 Å². The van der Waals surface area contributed by atoms with Crippen molar-refractivity contribution >= 4 is 11.7 Å². The highest BCUT2D eigenvalue weighted by Gasteiger charge is 2.28. The molecule has 21 heavy (non-hydrogen) atoms. The van der Waals surface area contributed by atoms with Crippen LogP contribution in [-0.2, 0) is 11.3 Å². The van der Waals surface area contributed by atoms with Crippen LogP contribution in [0.2, 0.25) is 0 Å². The second kappa shape index (κ2) is 6.64. The maximum atomic E-state index is 11.3. The molecule has 2 N–H and O–H groups in total. The Labute approximate surface area is 122 Å². The number of rotatable bonds is 6. The minimum absolute atomic E-state index is 0.108. The number of aromatic carboxylic acids is 1. The van der Waals surface area contributed by atoms with Crippen LogP contribution in [0.1, 0.15) is 35.2 Å². The maximum absolute atomic E-state index is 11.3. The van der Waals surface area contributed by atoms with Gasteiger partial charge in [0.15, 0.2) is 0 Å². The number of nitro groups is 1. The van der Waals surface area contributed by atoms with Gasteiger partial charge in [0.05, 0.1) is 11.0 Å². The van der Waals surface area contributed by atoms with Crippen LogP contribution in [0.3, 0.4) is 0 Å². The van der Waals surface area contributed by atoms with Crippen LogP contribution >= 0.6 is 0 Å². The third-order valence-corrected chi connectivity index (χ3v) is 3.85. The van der Waals surface area contributed by atoms with E-state index in [1.807, 2.05) is 0 Å². The fourth-order valence-electron chi connectivity index (χ4n) is 2.82. The Morgan fingerprint density at radius 3 is 2.90 bits per heavy atom. The van der Waals surface area contributed by atoms with E-state index in [1.165, 1.54) is 12.1 Å². The number of nitrogens with one attached hydrogen (secondary N) is 1. The molecule has 1 aliphatic rings. The van der Waals surface area contributed by atoms with E-state index in [1.54, 1.807) is 13.2 Å². The minimum atomic E-state index is -1.28. The molecule has 1 saturated carbocycles. The molecule has 7 heteroatoms. The second-order valence-corrected chi connectivity index (χ2v) is 5.07. The Morgan fingerprint density at radius 1 is 1.52 bits per heavy atom. The molecule has 0 saturated heterocycles. The largest absolute Gasteiger partial charge is 0.477 e. The van der Waals surface area contributed by atoms with Gasteiger partial charge in [-0.1, -0.05) is 12.1 Å². The van der Waals surface area contributed by atoms with E-state index < -0.39 is 10.9 Å². The molecule has 1 aromatic rings. The van der Waals surface area contributed by atoms with E-state index in [9.17, 15) is 20.0 Å². The molecular weight excluding hydrogens is 276 g/mol.